The van der Waals surface area contributed by atoms with E-state index in [0.717, 1.165) is 16.1 Å². The summed E-state index contributed by atoms with van der Waals surface area (Å²) in [5, 5.41) is 2.71. The van der Waals surface area contributed by atoms with Crippen molar-refractivity contribution in [2.45, 2.75) is 6.61 Å². The van der Waals surface area contributed by atoms with E-state index in [1.165, 1.54) is 20.3 Å². The number of carbonyl (C=O) groups is 1. The van der Waals surface area contributed by atoms with Crippen molar-refractivity contribution in [3.05, 3.63) is 78.4 Å². The minimum absolute atomic E-state index is 0.287. The van der Waals surface area contributed by atoms with E-state index in [4.69, 9.17) is 14.2 Å². The van der Waals surface area contributed by atoms with E-state index in [1.54, 1.807) is 36.4 Å². The van der Waals surface area contributed by atoms with Crippen LogP contribution in [0.2, 0.25) is 0 Å². The topological polar surface area (TPSA) is 94.2 Å². The maximum absolute atomic E-state index is 12.6. The molecule has 0 saturated heterocycles. The Balaban J connectivity index is 1.66. The summed E-state index contributed by atoms with van der Waals surface area (Å²) in [6, 6.07) is 21.3. The first kappa shape index (κ1) is 23.9. The highest BCUT2D eigenvalue weighted by Gasteiger charge is 2.22. The maximum atomic E-state index is 12.6. The van der Waals surface area contributed by atoms with Crippen molar-refractivity contribution < 1.29 is 27.4 Å². The van der Waals surface area contributed by atoms with E-state index in [1.807, 2.05) is 30.3 Å². The Morgan fingerprint density at radius 3 is 2.18 bits per heavy atom. The van der Waals surface area contributed by atoms with Gasteiger partial charge in [0.25, 0.3) is 0 Å². The Hall–Kier alpha value is -3.72. The van der Waals surface area contributed by atoms with Crippen LogP contribution in [0.3, 0.4) is 0 Å². The lowest BCUT2D eigenvalue weighted by atomic mass is 10.2. The van der Waals surface area contributed by atoms with Gasteiger partial charge in [-0.3, -0.25) is 9.10 Å². The molecular formula is C24H26N2O6S. The molecule has 1 amide bonds. The van der Waals surface area contributed by atoms with E-state index in [9.17, 15) is 13.2 Å². The molecule has 0 spiro atoms. The molecule has 0 bridgehead atoms. The van der Waals surface area contributed by atoms with E-state index in [-0.39, 0.29) is 5.69 Å². The minimum Gasteiger partial charge on any atom is -0.493 e. The Kier molecular flexibility index (Phi) is 7.78. The first-order valence-corrected chi connectivity index (χ1v) is 11.9. The van der Waals surface area contributed by atoms with E-state index >= 15 is 0 Å². The van der Waals surface area contributed by atoms with Crippen LogP contribution < -0.4 is 23.8 Å². The summed E-state index contributed by atoms with van der Waals surface area (Å²) in [5.74, 6) is 0.969. The molecule has 3 aromatic carbocycles. The summed E-state index contributed by atoms with van der Waals surface area (Å²) in [5.41, 5.74) is 1.86. The Bertz CT molecular complexity index is 1180. The molecule has 9 heteroatoms. The van der Waals surface area contributed by atoms with E-state index in [0.29, 0.717) is 29.5 Å². The molecule has 0 aliphatic carbocycles. The first-order valence-electron chi connectivity index (χ1n) is 10.1. The molecule has 174 valence electrons. The zero-order valence-electron chi connectivity index (χ0n) is 18.6. The smallest absolute Gasteiger partial charge is 0.245 e. The highest BCUT2D eigenvalue weighted by atomic mass is 32.2. The molecule has 1 N–H and O–H groups in total. The van der Waals surface area contributed by atoms with Gasteiger partial charge in [-0.1, -0.05) is 30.3 Å². The zero-order chi connectivity index (χ0) is 23.8. The average Bonchev–Trinajstić information content (AvgIpc) is 2.81. The largest absolute Gasteiger partial charge is 0.493 e. The number of nitrogens with zero attached hydrogens (tertiary/aromatic N) is 1. The fourth-order valence-corrected chi connectivity index (χ4v) is 3.93. The Morgan fingerprint density at radius 2 is 1.58 bits per heavy atom. The minimum atomic E-state index is -3.73. The Labute approximate surface area is 193 Å². The van der Waals surface area contributed by atoms with Crippen molar-refractivity contribution >= 4 is 27.3 Å². The van der Waals surface area contributed by atoms with Crippen LogP contribution in [-0.4, -0.2) is 41.3 Å². The van der Waals surface area contributed by atoms with Gasteiger partial charge in [-0.15, -0.1) is 0 Å². The molecule has 33 heavy (non-hydrogen) atoms. The van der Waals surface area contributed by atoms with Crippen LogP contribution in [-0.2, 0) is 21.4 Å². The van der Waals surface area contributed by atoms with Crippen molar-refractivity contribution in [3.8, 4) is 17.2 Å². The van der Waals surface area contributed by atoms with Gasteiger partial charge in [0.15, 0.2) is 11.5 Å². The second-order valence-electron chi connectivity index (χ2n) is 7.16. The summed E-state index contributed by atoms with van der Waals surface area (Å²) >= 11 is 0. The highest BCUT2D eigenvalue weighted by molar-refractivity contribution is 7.92. The number of hydrogen-bond acceptors (Lipinski definition) is 6. The predicted molar refractivity (Wildman–Crippen MR) is 128 cm³/mol. The molecule has 0 aliphatic rings. The molecule has 0 fully saturated rings. The lowest BCUT2D eigenvalue weighted by Crippen LogP contribution is -2.37. The van der Waals surface area contributed by atoms with Crippen LogP contribution in [0.4, 0.5) is 11.4 Å². The standard InChI is InChI=1S/C24H26N2O6S/c1-30-22-14-11-20(15-23(22)31-2)26(33(3,28)29)16-24(27)25-19-9-12-21(13-10-19)32-17-18-7-5-4-6-8-18/h4-15H,16-17H2,1-3H3,(H,25,27). The first-order chi connectivity index (χ1) is 15.8. The van der Waals surface area contributed by atoms with Crippen LogP contribution in [0.1, 0.15) is 5.56 Å². The summed E-state index contributed by atoms with van der Waals surface area (Å²) in [6.45, 7) is 0.0295. The maximum Gasteiger partial charge on any atom is 0.245 e. The number of benzene rings is 3. The van der Waals surface area contributed by atoms with Crippen molar-refractivity contribution in [1.29, 1.82) is 0 Å². The molecule has 3 rings (SSSR count). The van der Waals surface area contributed by atoms with Crippen molar-refractivity contribution in [3.63, 3.8) is 0 Å². The average molecular weight is 471 g/mol. The molecular weight excluding hydrogens is 444 g/mol. The fourth-order valence-electron chi connectivity index (χ4n) is 3.09. The van der Waals surface area contributed by atoms with Crippen LogP contribution in [0, 0.1) is 0 Å². The molecule has 8 nitrogen and oxygen atoms in total. The van der Waals surface area contributed by atoms with Gasteiger partial charge >= 0.3 is 0 Å². The molecule has 0 heterocycles. The predicted octanol–water partition coefficient (Wildman–Crippen LogP) is 3.69. The number of hydrogen-bond donors (Lipinski definition) is 1. The van der Waals surface area contributed by atoms with Gasteiger partial charge in [0.2, 0.25) is 15.9 Å². The van der Waals surface area contributed by atoms with Gasteiger partial charge in [0, 0.05) is 11.8 Å². The van der Waals surface area contributed by atoms with E-state index < -0.39 is 22.5 Å². The van der Waals surface area contributed by atoms with Crippen molar-refractivity contribution in [1.82, 2.24) is 0 Å². The van der Waals surface area contributed by atoms with Gasteiger partial charge in [0.1, 0.15) is 18.9 Å². The number of anilines is 2. The van der Waals surface area contributed by atoms with Crippen LogP contribution in [0.25, 0.3) is 0 Å². The molecule has 0 aromatic heterocycles. The SMILES string of the molecule is COc1ccc(N(CC(=O)Nc2ccc(OCc3ccccc3)cc2)S(C)(=O)=O)cc1OC. The van der Waals surface area contributed by atoms with Gasteiger partial charge < -0.3 is 19.5 Å². The number of sulfonamides is 1. The molecule has 0 radical (unpaired) electrons. The number of methoxy groups -OCH3 is 2. The second kappa shape index (κ2) is 10.7. The Morgan fingerprint density at radius 1 is 0.909 bits per heavy atom. The lowest BCUT2D eigenvalue weighted by Gasteiger charge is -2.23. The molecule has 3 aromatic rings. The summed E-state index contributed by atoms with van der Waals surface area (Å²) in [6.07, 6.45) is 1.04. The van der Waals surface area contributed by atoms with Gasteiger partial charge in [-0.2, -0.15) is 0 Å². The third-order valence-corrected chi connectivity index (χ3v) is 5.87. The molecule has 0 saturated carbocycles. The molecule has 0 atom stereocenters. The highest BCUT2D eigenvalue weighted by Crippen LogP contribution is 2.32. The van der Waals surface area contributed by atoms with Crippen molar-refractivity contribution in [2.24, 2.45) is 0 Å². The number of amides is 1. The molecule has 0 aliphatic heterocycles. The number of rotatable bonds is 10. The number of nitrogens with one attached hydrogen (secondary N) is 1. The van der Waals surface area contributed by atoms with Gasteiger partial charge in [-0.25, -0.2) is 8.42 Å². The van der Waals surface area contributed by atoms with E-state index in [2.05, 4.69) is 5.32 Å². The zero-order valence-corrected chi connectivity index (χ0v) is 19.5. The third-order valence-electron chi connectivity index (χ3n) is 4.73. The number of carbonyl (C=O) groups excluding carboxylic acids is 1. The van der Waals surface area contributed by atoms with Crippen LogP contribution >= 0.6 is 0 Å². The fraction of sp³-hybridized carbons (Fsp3) is 0.208. The number of ether oxygens (including phenoxy) is 3. The summed E-state index contributed by atoms with van der Waals surface area (Å²) < 4.78 is 41.9. The lowest BCUT2D eigenvalue weighted by molar-refractivity contribution is -0.114. The van der Waals surface area contributed by atoms with Gasteiger partial charge in [-0.05, 0) is 42.0 Å². The van der Waals surface area contributed by atoms with Gasteiger partial charge in [0.05, 0.1) is 26.2 Å². The third kappa shape index (κ3) is 6.63. The second-order valence-corrected chi connectivity index (χ2v) is 9.06. The van der Waals surface area contributed by atoms with Crippen LogP contribution in [0.5, 0.6) is 17.2 Å². The van der Waals surface area contributed by atoms with Crippen molar-refractivity contribution in [2.75, 3.05) is 36.6 Å². The quantitative estimate of drug-likeness (QED) is 0.486. The monoisotopic (exact) mass is 470 g/mol. The summed E-state index contributed by atoms with van der Waals surface area (Å²) in [7, 11) is -0.800. The normalized spacial score (nSPS) is 10.9. The van der Waals surface area contributed by atoms with Crippen LogP contribution in [0.15, 0.2) is 72.8 Å². The molecule has 0 unspecified atom stereocenters. The summed E-state index contributed by atoms with van der Waals surface area (Å²) in [4.78, 5) is 12.6.